The first-order chi connectivity index (χ1) is 13.5. The summed E-state index contributed by atoms with van der Waals surface area (Å²) in [5, 5.41) is 14.2. The molecule has 0 unspecified atom stereocenters. The Morgan fingerprint density at radius 3 is 2.64 bits per heavy atom. The lowest BCUT2D eigenvalue weighted by molar-refractivity contribution is 0.0605. The maximum atomic E-state index is 13.1. The molecule has 0 aliphatic rings. The summed E-state index contributed by atoms with van der Waals surface area (Å²) < 4.78 is 10.4. The average molecular weight is 394 g/mol. The number of esters is 1. The van der Waals surface area contributed by atoms with Gasteiger partial charge in [0.05, 0.1) is 24.8 Å². The van der Waals surface area contributed by atoms with Gasteiger partial charge in [0.15, 0.2) is 0 Å². The summed E-state index contributed by atoms with van der Waals surface area (Å²) in [7, 11) is 1.27. The third-order valence-electron chi connectivity index (χ3n) is 4.27. The molecule has 0 aliphatic carbocycles. The second-order valence-electron chi connectivity index (χ2n) is 5.91. The summed E-state index contributed by atoms with van der Waals surface area (Å²) in [6.45, 7) is 3.91. The van der Waals surface area contributed by atoms with Crippen LogP contribution in [0.2, 0.25) is 0 Å². The third-order valence-corrected chi connectivity index (χ3v) is 5.46. The van der Waals surface area contributed by atoms with Gasteiger partial charge < -0.3 is 14.8 Å². The standard InChI is InChI=1S/C21H18N2O4S/c1-4-27-16-10-9-13-7-5-6-8-14(13)17(16)19(24)23-20-15(11-22)12(2)18(28-20)21(25)26-3/h5-10H,4H2,1-3H3,(H,23,24). The Balaban J connectivity index is 2.08. The number of thiophene rings is 1. The fourth-order valence-corrected chi connectivity index (χ4v) is 4.02. The minimum absolute atomic E-state index is 0.247. The van der Waals surface area contributed by atoms with Crippen LogP contribution in [0.25, 0.3) is 10.8 Å². The average Bonchev–Trinajstić information content (AvgIpc) is 3.02. The van der Waals surface area contributed by atoms with Gasteiger partial charge in [-0.2, -0.15) is 5.26 Å². The fraction of sp³-hybridized carbons (Fsp3) is 0.190. The first-order valence-electron chi connectivity index (χ1n) is 8.59. The number of anilines is 1. The zero-order valence-electron chi connectivity index (χ0n) is 15.7. The van der Waals surface area contributed by atoms with Crippen molar-refractivity contribution in [3.8, 4) is 11.8 Å². The van der Waals surface area contributed by atoms with E-state index in [0.717, 1.165) is 22.1 Å². The molecule has 0 fully saturated rings. The maximum absolute atomic E-state index is 13.1. The monoisotopic (exact) mass is 394 g/mol. The minimum atomic E-state index is -0.542. The summed E-state index contributed by atoms with van der Waals surface area (Å²) in [6.07, 6.45) is 0. The van der Waals surface area contributed by atoms with Crippen LogP contribution in [-0.4, -0.2) is 25.6 Å². The second-order valence-corrected chi connectivity index (χ2v) is 6.93. The molecule has 0 radical (unpaired) electrons. The Morgan fingerprint density at radius 1 is 1.21 bits per heavy atom. The highest BCUT2D eigenvalue weighted by molar-refractivity contribution is 7.18. The summed E-state index contributed by atoms with van der Waals surface area (Å²) in [5.74, 6) is -0.493. The van der Waals surface area contributed by atoms with Gasteiger partial charge in [-0.3, -0.25) is 4.79 Å². The molecule has 0 atom stereocenters. The van der Waals surface area contributed by atoms with Gasteiger partial charge in [-0.05, 0) is 36.2 Å². The number of amides is 1. The molecule has 3 aromatic rings. The number of rotatable bonds is 5. The molecule has 0 saturated carbocycles. The highest BCUT2D eigenvalue weighted by atomic mass is 32.1. The normalized spacial score (nSPS) is 10.4. The summed E-state index contributed by atoms with van der Waals surface area (Å²) in [4.78, 5) is 25.4. The molecule has 0 aliphatic heterocycles. The van der Waals surface area contributed by atoms with Crippen molar-refractivity contribution in [2.45, 2.75) is 13.8 Å². The molecule has 142 valence electrons. The van der Waals surface area contributed by atoms with Crippen LogP contribution >= 0.6 is 11.3 Å². The van der Waals surface area contributed by atoms with Crippen molar-refractivity contribution in [3.63, 3.8) is 0 Å². The van der Waals surface area contributed by atoms with Gasteiger partial charge in [-0.15, -0.1) is 11.3 Å². The quantitative estimate of drug-likeness (QED) is 0.643. The highest BCUT2D eigenvalue weighted by Gasteiger charge is 2.24. The zero-order chi connectivity index (χ0) is 20.3. The Bertz CT molecular complexity index is 1110. The predicted molar refractivity (Wildman–Crippen MR) is 108 cm³/mol. The number of fused-ring (bicyclic) bond motifs is 1. The van der Waals surface area contributed by atoms with Gasteiger partial charge in [0.25, 0.3) is 5.91 Å². The van der Waals surface area contributed by atoms with E-state index in [1.807, 2.05) is 37.3 Å². The summed E-state index contributed by atoms with van der Waals surface area (Å²) >= 11 is 1.02. The summed E-state index contributed by atoms with van der Waals surface area (Å²) in [5.41, 5.74) is 1.11. The van der Waals surface area contributed by atoms with Gasteiger partial charge in [0.2, 0.25) is 0 Å². The Hall–Kier alpha value is -3.37. The number of hydrogen-bond acceptors (Lipinski definition) is 6. The smallest absolute Gasteiger partial charge is 0.348 e. The van der Waals surface area contributed by atoms with Crippen molar-refractivity contribution in [1.82, 2.24) is 0 Å². The lowest BCUT2D eigenvalue weighted by atomic mass is 10.0. The first kappa shape index (κ1) is 19.4. The number of methoxy groups -OCH3 is 1. The van der Waals surface area contributed by atoms with Gasteiger partial charge in [-0.1, -0.05) is 30.3 Å². The molecule has 7 heteroatoms. The van der Waals surface area contributed by atoms with E-state index in [9.17, 15) is 14.9 Å². The molecule has 0 bridgehead atoms. The molecule has 6 nitrogen and oxygen atoms in total. The van der Waals surface area contributed by atoms with Crippen molar-refractivity contribution in [1.29, 1.82) is 5.26 Å². The Kier molecular flexibility index (Phi) is 5.62. The molecule has 1 amide bonds. The lowest BCUT2D eigenvalue weighted by Gasteiger charge is -2.13. The molecule has 1 heterocycles. The molecule has 1 aromatic heterocycles. The predicted octanol–water partition coefficient (Wildman–Crippen LogP) is 4.52. The van der Waals surface area contributed by atoms with E-state index >= 15 is 0 Å². The number of carbonyl (C=O) groups is 2. The number of nitrogens with one attached hydrogen (secondary N) is 1. The fourth-order valence-electron chi connectivity index (χ4n) is 2.95. The topological polar surface area (TPSA) is 88.4 Å². The van der Waals surface area contributed by atoms with Crippen molar-refractivity contribution >= 4 is 39.0 Å². The number of hydrogen-bond donors (Lipinski definition) is 1. The van der Waals surface area contributed by atoms with Crippen molar-refractivity contribution in [2.24, 2.45) is 0 Å². The Morgan fingerprint density at radius 2 is 1.96 bits per heavy atom. The van der Waals surface area contributed by atoms with Crippen molar-refractivity contribution in [2.75, 3.05) is 19.0 Å². The van der Waals surface area contributed by atoms with Crippen LogP contribution < -0.4 is 10.1 Å². The number of ether oxygens (including phenoxy) is 2. The van der Waals surface area contributed by atoms with E-state index in [1.54, 1.807) is 13.0 Å². The van der Waals surface area contributed by atoms with Crippen LogP contribution in [0.1, 0.15) is 38.1 Å². The van der Waals surface area contributed by atoms with Gasteiger partial charge >= 0.3 is 5.97 Å². The highest BCUT2D eigenvalue weighted by Crippen LogP contribution is 2.35. The lowest BCUT2D eigenvalue weighted by Crippen LogP contribution is -2.14. The molecule has 1 N–H and O–H groups in total. The number of carbonyl (C=O) groups excluding carboxylic acids is 2. The van der Waals surface area contributed by atoms with Crippen LogP contribution in [0.3, 0.4) is 0 Å². The number of benzene rings is 2. The van der Waals surface area contributed by atoms with Crippen molar-refractivity contribution in [3.05, 3.63) is 58.0 Å². The van der Waals surface area contributed by atoms with E-state index in [0.29, 0.717) is 28.5 Å². The molecule has 0 saturated heterocycles. The van der Waals surface area contributed by atoms with Crippen LogP contribution in [0, 0.1) is 18.3 Å². The molecule has 0 spiro atoms. The van der Waals surface area contributed by atoms with Crippen LogP contribution in [0.4, 0.5) is 5.00 Å². The zero-order valence-corrected chi connectivity index (χ0v) is 16.5. The van der Waals surface area contributed by atoms with Crippen LogP contribution in [0.15, 0.2) is 36.4 Å². The first-order valence-corrected chi connectivity index (χ1v) is 9.41. The molecule has 2 aromatic carbocycles. The number of nitriles is 1. The second kappa shape index (κ2) is 8.11. The number of nitrogens with zero attached hydrogens (tertiary/aromatic N) is 1. The van der Waals surface area contributed by atoms with Crippen LogP contribution in [0.5, 0.6) is 5.75 Å². The van der Waals surface area contributed by atoms with Crippen molar-refractivity contribution < 1.29 is 19.1 Å². The van der Waals surface area contributed by atoms with Gasteiger partial charge in [-0.25, -0.2) is 4.79 Å². The van der Waals surface area contributed by atoms with Crippen LogP contribution in [-0.2, 0) is 4.74 Å². The van der Waals surface area contributed by atoms with E-state index in [2.05, 4.69) is 11.4 Å². The van der Waals surface area contributed by atoms with E-state index < -0.39 is 11.9 Å². The van der Waals surface area contributed by atoms with E-state index in [1.165, 1.54) is 7.11 Å². The van der Waals surface area contributed by atoms with Gasteiger partial charge in [0, 0.05) is 0 Å². The molecular formula is C21H18N2O4S. The molecular weight excluding hydrogens is 376 g/mol. The van der Waals surface area contributed by atoms with Gasteiger partial charge in [0.1, 0.15) is 21.7 Å². The minimum Gasteiger partial charge on any atom is -0.493 e. The molecule has 3 rings (SSSR count). The largest absolute Gasteiger partial charge is 0.493 e. The summed E-state index contributed by atoms with van der Waals surface area (Å²) in [6, 6.07) is 13.2. The Labute approximate surface area is 166 Å². The third kappa shape index (κ3) is 3.42. The van der Waals surface area contributed by atoms with E-state index in [4.69, 9.17) is 9.47 Å². The molecule has 28 heavy (non-hydrogen) atoms. The van der Waals surface area contributed by atoms with E-state index in [-0.39, 0.29) is 10.4 Å². The SMILES string of the molecule is CCOc1ccc2ccccc2c1C(=O)Nc1sc(C(=O)OC)c(C)c1C#N. The maximum Gasteiger partial charge on any atom is 0.348 e.